The third-order valence-corrected chi connectivity index (χ3v) is 2.06. The van der Waals surface area contributed by atoms with E-state index in [2.05, 4.69) is 9.72 Å². The molecule has 0 aliphatic rings. The smallest absolute Gasteiger partial charge is 0.338 e. The Balaban J connectivity index is 2.72. The molecule has 4 nitrogen and oxygen atoms in total. The molecule has 1 heterocycles. The zero-order valence-electron chi connectivity index (χ0n) is 7.57. The van der Waals surface area contributed by atoms with Crippen molar-refractivity contribution < 1.29 is 14.6 Å². The van der Waals surface area contributed by atoms with Gasteiger partial charge in [0.15, 0.2) is 0 Å². The van der Waals surface area contributed by atoms with Gasteiger partial charge in [0.25, 0.3) is 0 Å². The van der Waals surface area contributed by atoms with Gasteiger partial charge in [0, 0.05) is 23.2 Å². The molecular weight excluding hydrogens is 182 g/mol. The summed E-state index contributed by atoms with van der Waals surface area (Å²) in [5.74, 6) is -0.411. The zero-order valence-corrected chi connectivity index (χ0v) is 7.57. The maximum Gasteiger partial charge on any atom is 0.338 e. The number of fused-ring (bicyclic) bond motifs is 1. The van der Waals surface area contributed by atoms with Crippen molar-refractivity contribution >= 4 is 16.9 Å². The van der Waals surface area contributed by atoms with Gasteiger partial charge in [0.05, 0.1) is 12.7 Å². The Morgan fingerprint density at radius 3 is 3.00 bits per heavy atom. The summed E-state index contributed by atoms with van der Waals surface area (Å²) >= 11 is 0. The molecule has 4 heteroatoms. The number of nitrogens with one attached hydrogen (secondary N) is 1. The number of hydrogen-bond acceptors (Lipinski definition) is 3. The van der Waals surface area contributed by atoms with Crippen molar-refractivity contribution in [3.63, 3.8) is 0 Å². The third-order valence-electron chi connectivity index (χ3n) is 2.06. The lowest BCUT2D eigenvalue weighted by molar-refractivity contribution is 0.0602. The topological polar surface area (TPSA) is 62.3 Å². The molecule has 0 amide bonds. The Morgan fingerprint density at radius 2 is 2.29 bits per heavy atom. The molecule has 0 saturated carbocycles. The van der Waals surface area contributed by atoms with Crippen molar-refractivity contribution in [2.45, 2.75) is 0 Å². The summed E-state index contributed by atoms with van der Waals surface area (Å²) < 4.78 is 4.60. The molecule has 0 bridgehead atoms. The molecule has 0 fully saturated rings. The molecule has 14 heavy (non-hydrogen) atoms. The summed E-state index contributed by atoms with van der Waals surface area (Å²) in [6.45, 7) is 0. The molecule has 1 aromatic carbocycles. The molecule has 0 spiro atoms. The molecular formula is C10H9NO3. The van der Waals surface area contributed by atoms with Crippen LogP contribution in [0.2, 0.25) is 0 Å². The maximum atomic E-state index is 11.3. The lowest BCUT2D eigenvalue weighted by Gasteiger charge is -2.01. The third kappa shape index (κ3) is 1.21. The van der Waals surface area contributed by atoms with Crippen LogP contribution in [-0.2, 0) is 4.74 Å². The summed E-state index contributed by atoms with van der Waals surface area (Å²) in [5.41, 5.74) is 1.08. The molecule has 0 aliphatic carbocycles. The number of rotatable bonds is 1. The average molecular weight is 191 g/mol. The summed E-state index contributed by atoms with van der Waals surface area (Å²) in [4.78, 5) is 14.2. The van der Waals surface area contributed by atoms with Gasteiger partial charge in [-0.05, 0) is 12.1 Å². The Labute approximate surface area is 80.1 Å². The fraction of sp³-hybridized carbons (Fsp3) is 0.100. The standard InChI is InChI=1S/C10H9NO3/c1-14-10(13)8-4-6(12)5-9-7(8)2-3-11-9/h2-5,11-12H,1H3. The minimum Gasteiger partial charge on any atom is -0.508 e. The minimum absolute atomic E-state index is 0.0420. The van der Waals surface area contributed by atoms with Gasteiger partial charge in [-0.1, -0.05) is 0 Å². The molecule has 1 aromatic heterocycles. The van der Waals surface area contributed by atoms with Crippen LogP contribution < -0.4 is 0 Å². The van der Waals surface area contributed by atoms with E-state index in [4.69, 9.17) is 0 Å². The molecule has 0 radical (unpaired) electrons. The number of phenols is 1. The van der Waals surface area contributed by atoms with E-state index < -0.39 is 5.97 Å². The number of H-pyrrole nitrogens is 1. The highest BCUT2D eigenvalue weighted by Gasteiger charge is 2.12. The number of carbonyl (C=O) groups excluding carboxylic acids is 1. The number of esters is 1. The Hall–Kier alpha value is -1.97. The second-order valence-electron chi connectivity index (χ2n) is 2.92. The van der Waals surface area contributed by atoms with E-state index in [-0.39, 0.29) is 5.75 Å². The monoisotopic (exact) mass is 191 g/mol. The van der Waals surface area contributed by atoms with Gasteiger partial charge in [-0.2, -0.15) is 0 Å². The van der Waals surface area contributed by atoms with Crippen LogP contribution in [0.25, 0.3) is 10.9 Å². The number of phenolic OH excluding ortho intramolecular Hbond substituents is 1. The molecule has 0 unspecified atom stereocenters. The average Bonchev–Trinajstić information content (AvgIpc) is 2.62. The SMILES string of the molecule is COC(=O)c1cc(O)cc2[nH]ccc12. The van der Waals surface area contributed by atoms with Gasteiger partial charge in [0.2, 0.25) is 0 Å². The van der Waals surface area contributed by atoms with E-state index in [0.29, 0.717) is 11.1 Å². The number of aromatic hydroxyl groups is 1. The Morgan fingerprint density at radius 1 is 1.50 bits per heavy atom. The molecule has 72 valence electrons. The van der Waals surface area contributed by atoms with Gasteiger partial charge in [-0.25, -0.2) is 4.79 Å². The number of methoxy groups -OCH3 is 1. The molecule has 2 rings (SSSR count). The van der Waals surface area contributed by atoms with E-state index in [1.54, 1.807) is 18.3 Å². The molecule has 0 aliphatic heterocycles. The maximum absolute atomic E-state index is 11.3. The van der Waals surface area contributed by atoms with Gasteiger partial charge in [-0.3, -0.25) is 0 Å². The van der Waals surface area contributed by atoms with Crippen LogP contribution in [0.15, 0.2) is 24.4 Å². The largest absolute Gasteiger partial charge is 0.508 e. The number of hydrogen-bond donors (Lipinski definition) is 2. The van der Waals surface area contributed by atoms with E-state index >= 15 is 0 Å². The number of aromatic amines is 1. The first-order chi connectivity index (χ1) is 6.72. The predicted molar refractivity (Wildman–Crippen MR) is 51.3 cm³/mol. The van der Waals surface area contributed by atoms with Crippen LogP contribution in [-0.4, -0.2) is 23.2 Å². The van der Waals surface area contributed by atoms with E-state index in [9.17, 15) is 9.90 Å². The van der Waals surface area contributed by atoms with Gasteiger partial charge in [0.1, 0.15) is 5.75 Å². The molecule has 2 N–H and O–H groups in total. The van der Waals surface area contributed by atoms with Crippen molar-refractivity contribution in [1.82, 2.24) is 4.98 Å². The molecule has 2 aromatic rings. The summed E-state index contributed by atoms with van der Waals surface area (Å²) in [7, 11) is 1.31. The summed E-state index contributed by atoms with van der Waals surface area (Å²) in [5, 5.41) is 10.1. The van der Waals surface area contributed by atoms with Crippen LogP contribution >= 0.6 is 0 Å². The van der Waals surface area contributed by atoms with Crippen LogP contribution in [0.3, 0.4) is 0 Å². The first kappa shape index (κ1) is 8.62. The second kappa shape index (κ2) is 3.06. The lowest BCUT2D eigenvalue weighted by atomic mass is 10.1. The van der Waals surface area contributed by atoms with Crippen LogP contribution in [0, 0.1) is 0 Å². The van der Waals surface area contributed by atoms with Crippen molar-refractivity contribution in [3.8, 4) is 5.75 Å². The Kier molecular flexibility index (Phi) is 1.89. The highest BCUT2D eigenvalue weighted by molar-refractivity contribution is 6.04. The van der Waals surface area contributed by atoms with Crippen molar-refractivity contribution in [2.75, 3.05) is 7.11 Å². The van der Waals surface area contributed by atoms with Crippen LogP contribution in [0.5, 0.6) is 5.75 Å². The van der Waals surface area contributed by atoms with Gasteiger partial charge in [-0.15, -0.1) is 0 Å². The highest BCUT2D eigenvalue weighted by Crippen LogP contribution is 2.24. The Bertz CT molecular complexity index is 487. The molecule has 0 saturated heterocycles. The first-order valence-corrected chi connectivity index (χ1v) is 4.11. The van der Waals surface area contributed by atoms with Crippen molar-refractivity contribution in [1.29, 1.82) is 0 Å². The number of aromatic nitrogens is 1. The van der Waals surface area contributed by atoms with Gasteiger partial charge < -0.3 is 14.8 Å². The second-order valence-corrected chi connectivity index (χ2v) is 2.92. The number of carbonyl (C=O) groups is 1. The van der Waals surface area contributed by atoms with Crippen molar-refractivity contribution in [3.05, 3.63) is 30.0 Å². The number of benzene rings is 1. The predicted octanol–water partition coefficient (Wildman–Crippen LogP) is 1.66. The first-order valence-electron chi connectivity index (χ1n) is 4.11. The van der Waals surface area contributed by atoms with E-state index in [0.717, 1.165) is 5.39 Å². The van der Waals surface area contributed by atoms with Crippen LogP contribution in [0.1, 0.15) is 10.4 Å². The fourth-order valence-corrected chi connectivity index (χ4v) is 1.43. The van der Waals surface area contributed by atoms with Crippen molar-refractivity contribution in [2.24, 2.45) is 0 Å². The van der Waals surface area contributed by atoms with Crippen LogP contribution in [0.4, 0.5) is 0 Å². The molecule has 0 atom stereocenters. The van der Waals surface area contributed by atoms with E-state index in [1.165, 1.54) is 13.2 Å². The fourth-order valence-electron chi connectivity index (χ4n) is 1.43. The van der Waals surface area contributed by atoms with E-state index in [1.807, 2.05) is 0 Å². The zero-order chi connectivity index (χ0) is 10.1. The minimum atomic E-state index is -0.453. The number of ether oxygens (including phenoxy) is 1. The highest BCUT2D eigenvalue weighted by atomic mass is 16.5. The van der Waals surface area contributed by atoms with Gasteiger partial charge >= 0.3 is 5.97 Å². The summed E-state index contributed by atoms with van der Waals surface area (Å²) in [6.07, 6.45) is 1.70. The quantitative estimate of drug-likeness (QED) is 0.674. The summed E-state index contributed by atoms with van der Waals surface area (Å²) in [6, 6.07) is 4.71. The normalized spacial score (nSPS) is 10.4. The lowest BCUT2D eigenvalue weighted by Crippen LogP contribution is -2.01.